The lowest BCUT2D eigenvalue weighted by Crippen LogP contribution is -2.32. The first-order valence-corrected chi connectivity index (χ1v) is 6.19. The highest BCUT2D eigenvalue weighted by atomic mass is 19.3. The van der Waals surface area contributed by atoms with E-state index in [1.807, 2.05) is 0 Å². The van der Waals surface area contributed by atoms with E-state index < -0.39 is 13.0 Å². The van der Waals surface area contributed by atoms with Crippen LogP contribution >= 0.6 is 0 Å². The van der Waals surface area contributed by atoms with Crippen LogP contribution in [-0.2, 0) is 6.54 Å². The zero-order valence-electron chi connectivity index (χ0n) is 10.7. The Kier molecular flexibility index (Phi) is 4.75. The van der Waals surface area contributed by atoms with Crippen LogP contribution in [-0.4, -0.2) is 45.5 Å². The summed E-state index contributed by atoms with van der Waals surface area (Å²) >= 11 is 0. The average molecular weight is 283 g/mol. The van der Waals surface area contributed by atoms with E-state index in [4.69, 9.17) is 5.11 Å². The minimum absolute atomic E-state index is 0.103. The van der Waals surface area contributed by atoms with Gasteiger partial charge in [-0.1, -0.05) is 6.07 Å². The molecule has 7 heteroatoms. The van der Waals surface area contributed by atoms with Gasteiger partial charge in [-0.2, -0.15) is 0 Å². The maximum absolute atomic E-state index is 12.4. The molecule has 0 aliphatic rings. The number of alkyl halides is 2. The molecule has 2 aromatic heterocycles. The molecule has 108 valence electrons. The Morgan fingerprint density at radius 2 is 2.20 bits per heavy atom. The van der Waals surface area contributed by atoms with Crippen LogP contribution in [0, 0.1) is 0 Å². The van der Waals surface area contributed by atoms with Gasteiger partial charge in [0, 0.05) is 25.4 Å². The van der Waals surface area contributed by atoms with Crippen LogP contribution in [0.3, 0.4) is 0 Å². The van der Waals surface area contributed by atoms with Crippen molar-refractivity contribution in [2.75, 3.05) is 19.7 Å². The molecule has 0 saturated heterocycles. The van der Waals surface area contributed by atoms with Gasteiger partial charge < -0.3 is 5.11 Å². The summed E-state index contributed by atoms with van der Waals surface area (Å²) in [7, 11) is 0. The number of pyridine rings is 1. The Morgan fingerprint density at radius 3 is 2.90 bits per heavy atom. The van der Waals surface area contributed by atoms with Gasteiger partial charge in [0.15, 0.2) is 0 Å². The molecule has 2 aromatic rings. The van der Waals surface area contributed by atoms with Gasteiger partial charge in [-0.3, -0.25) is 14.1 Å². The summed E-state index contributed by atoms with van der Waals surface area (Å²) in [4.78, 5) is 17.5. The largest absolute Gasteiger partial charge is 0.395 e. The zero-order valence-corrected chi connectivity index (χ0v) is 10.7. The number of aliphatic hydroxyl groups is 1. The molecular formula is C13H15F2N3O2. The standard InChI is InChI=1S/C13H15F2N3O2/c14-11(15)9-17(5-6-19)8-10-7-13(20)18-4-2-1-3-12(18)16-10/h1-4,7,11,19H,5-6,8-9H2. The predicted molar refractivity (Wildman–Crippen MR) is 69.8 cm³/mol. The molecule has 0 bridgehead atoms. The van der Waals surface area contributed by atoms with E-state index in [9.17, 15) is 13.6 Å². The van der Waals surface area contributed by atoms with E-state index in [1.165, 1.54) is 15.4 Å². The van der Waals surface area contributed by atoms with Crippen LogP contribution < -0.4 is 5.56 Å². The summed E-state index contributed by atoms with van der Waals surface area (Å²) in [5.74, 6) is 0. The molecule has 20 heavy (non-hydrogen) atoms. The van der Waals surface area contributed by atoms with Gasteiger partial charge in [0.05, 0.1) is 18.8 Å². The van der Waals surface area contributed by atoms with Crippen molar-refractivity contribution in [3.8, 4) is 0 Å². The number of nitrogens with zero attached hydrogens (tertiary/aromatic N) is 3. The number of aliphatic hydroxyl groups excluding tert-OH is 1. The number of fused-ring (bicyclic) bond motifs is 1. The third-order valence-electron chi connectivity index (χ3n) is 2.82. The molecule has 0 amide bonds. The molecule has 5 nitrogen and oxygen atoms in total. The van der Waals surface area contributed by atoms with Crippen molar-refractivity contribution < 1.29 is 13.9 Å². The van der Waals surface area contributed by atoms with Crippen molar-refractivity contribution >= 4 is 5.65 Å². The molecule has 0 aromatic carbocycles. The maximum Gasteiger partial charge on any atom is 0.258 e. The second-order valence-electron chi connectivity index (χ2n) is 4.36. The third-order valence-corrected chi connectivity index (χ3v) is 2.82. The third kappa shape index (κ3) is 3.58. The summed E-state index contributed by atoms with van der Waals surface area (Å²) in [6.45, 7) is -0.471. The molecule has 0 spiro atoms. The fourth-order valence-corrected chi connectivity index (χ4v) is 1.98. The molecule has 0 aliphatic carbocycles. The van der Waals surface area contributed by atoms with Crippen molar-refractivity contribution in [1.29, 1.82) is 0 Å². The molecule has 2 heterocycles. The van der Waals surface area contributed by atoms with Crippen molar-refractivity contribution in [3.63, 3.8) is 0 Å². The number of hydrogen-bond acceptors (Lipinski definition) is 4. The normalized spacial score (nSPS) is 11.7. The first kappa shape index (κ1) is 14.5. The number of halogens is 2. The van der Waals surface area contributed by atoms with E-state index in [0.29, 0.717) is 11.3 Å². The van der Waals surface area contributed by atoms with Gasteiger partial charge >= 0.3 is 0 Å². The highest BCUT2D eigenvalue weighted by Gasteiger charge is 2.13. The van der Waals surface area contributed by atoms with Gasteiger partial charge in [0.1, 0.15) is 5.65 Å². The van der Waals surface area contributed by atoms with Crippen molar-refractivity contribution in [2.24, 2.45) is 0 Å². The Balaban J connectivity index is 2.25. The van der Waals surface area contributed by atoms with E-state index >= 15 is 0 Å². The Bertz CT molecular complexity index is 630. The summed E-state index contributed by atoms with van der Waals surface area (Å²) in [6.07, 6.45) is -0.901. The lowest BCUT2D eigenvalue weighted by atomic mass is 10.3. The minimum Gasteiger partial charge on any atom is -0.395 e. The van der Waals surface area contributed by atoms with Crippen LogP contribution in [0.2, 0.25) is 0 Å². The molecular weight excluding hydrogens is 268 g/mol. The van der Waals surface area contributed by atoms with E-state index in [-0.39, 0.29) is 25.3 Å². The van der Waals surface area contributed by atoms with Crippen LogP contribution in [0.5, 0.6) is 0 Å². The molecule has 0 unspecified atom stereocenters. The van der Waals surface area contributed by atoms with Crippen LogP contribution in [0.25, 0.3) is 5.65 Å². The van der Waals surface area contributed by atoms with Gasteiger partial charge in [-0.25, -0.2) is 13.8 Å². The number of aromatic nitrogens is 2. The lowest BCUT2D eigenvalue weighted by Gasteiger charge is -2.20. The summed E-state index contributed by atoms with van der Waals surface area (Å²) in [6, 6.07) is 6.46. The topological polar surface area (TPSA) is 57.8 Å². The SMILES string of the molecule is O=c1cc(CN(CCO)CC(F)F)nc2ccccn12. The highest BCUT2D eigenvalue weighted by molar-refractivity contribution is 5.37. The second kappa shape index (κ2) is 6.53. The molecule has 0 radical (unpaired) electrons. The van der Waals surface area contributed by atoms with Crippen molar-refractivity contribution in [1.82, 2.24) is 14.3 Å². The molecule has 1 N–H and O–H groups in total. The Labute approximate surface area is 114 Å². The second-order valence-corrected chi connectivity index (χ2v) is 4.36. The predicted octanol–water partition coefficient (Wildman–Crippen LogP) is 0.754. The van der Waals surface area contributed by atoms with Gasteiger partial charge in [-0.15, -0.1) is 0 Å². The van der Waals surface area contributed by atoms with Gasteiger partial charge in [-0.05, 0) is 12.1 Å². The van der Waals surface area contributed by atoms with Crippen molar-refractivity contribution in [3.05, 3.63) is 46.5 Å². The Hall–Kier alpha value is -1.86. The monoisotopic (exact) mass is 283 g/mol. The minimum atomic E-state index is -2.50. The van der Waals surface area contributed by atoms with Crippen LogP contribution in [0.4, 0.5) is 8.78 Å². The van der Waals surface area contributed by atoms with Crippen molar-refractivity contribution in [2.45, 2.75) is 13.0 Å². The average Bonchev–Trinajstić information content (AvgIpc) is 2.38. The highest BCUT2D eigenvalue weighted by Crippen LogP contribution is 2.05. The summed E-state index contributed by atoms with van der Waals surface area (Å²) in [5, 5.41) is 8.88. The first-order valence-electron chi connectivity index (χ1n) is 6.19. The first-order chi connectivity index (χ1) is 9.60. The number of rotatable bonds is 6. The fourth-order valence-electron chi connectivity index (χ4n) is 1.98. The van der Waals surface area contributed by atoms with E-state index in [0.717, 1.165) is 0 Å². The molecule has 0 aliphatic heterocycles. The van der Waals surface area contributed by atoms with Gasteiger partial charge in [0.25, 0.3) is 12.0 Å². The van der Waals surface area contributed by atoms with Crippen LogP contribution in [0.1, 0.15) is 5.69 Å². The molecule has 2 rings (SSSR count). The molecule has 0 atom stereocenters. The quantitative estimate of drug-likeness (QED) is 0.850. The summed E-state index contributed by atoms with van der Waals surface area (Å²) in [5.41, 5.74) is 0.623. The fraction of sp³-hybridized carbons (Fsp3) is 0.385. The smallest absolute Gasteiger partial charge is 0.258 e. The molecule has 0 saturated carbocycles. The van der Waals surface area contributed by atoms with Gasteiger partial charge in [0.2, 0.25) is 0 Å². The number of hydrogen-bond donors (Lipinski definition) is 1. The Morgan fingerprint density at radius 1 is 1.40 bits per heavy atom. The maximum atomic E-state index is 12.4. The van der Waals surface area contributed by atoms with E-state index in [1.54, 1.807) is 24.4 Å². The molecule has 0 fully saturated rings. The van der Waals surface area contributed by atoms with E-state index in [2.05, 4.69) is 4.98 Å². The van der Waals surface area contributed by atoms with Crippen LogP contribution in [0.15, 0.2) is 35.3 Å². The summed E-state index contributed by atoms with van der Waals surface area (Å²) < 4.78 is 26.2. The lowest BCUT2D eigenvalue weighted by molar-refractivity contribution is 0.0740. The zero-order chi connectivity index (χ0) is 14.5.